The number of anilines is 2. The summed E-state index contributed by atoms with van der Waals surface area (Å²) in [5, 5.41) is 9.38. The smallest absolute Gasteiger partial charge is 0.0810 e. The van der Waals surface area contributed by atoms with Crippen LogP contribution in [-0.2, 0) is 0 Å². The normalized spacial score (nSPS) is 13.4. The SMILES string of the molecule is c1ccc(N2C(c3ccncc3)=C(c3cccnc3)C(c3ccccn3)=C(c3ccc4ccccc4c3)N2c2cccc3ccccc23)cc1. The van der Waals surface area contributed by atoms with E-state index in [1.807, 2.05) is 43.1 Å². The van der Waals surface area contributed by atoms with Crippen LogP contribution >= 0.6 is 0 Å². The zero-order chi connectivity index (χ0) is 33.3. The molecule has 1 aliphatic heterocycles. The average Bonchev–Trinajstić information content (AvgIpc) is 3.20. The summed E-state index contributed by atoms with van der Waals surface area (Å²) >= 11 is 0. The topological polar surface area (TPSA) is 45.2 Å². The Morgan fingerprint density at radius 3 is 1.94 bits per heavy atom. The number of aromatic nitrogens is 3. The van der Waals surface area contributed by atoms with Crippen molar-refractivity contribution in [2.24, 2.45) is 0 Å². The Hall–Kier alpha value is -6.85. The number of fused-ring (bicyclic) bond motifs is 2. The summed E-state index contributed by atoms with van der Waals surface area (Å²) in [4.78, 5) is 14.1. The van der Waals surface area contributed by atoms with E-state index in [0.29, 0.717) is 0 Å². The van der Waals surface area contributed by atoms with Crippen molar-refractivity contribution in [2.75, 3.05) is 10.0 Å². The fraction of sp³-hybridized carbons (Fsp3) is 0. The summed E-state index contributed by atoms with van der Waals surface area (Å²) in [5.41, 5.74) is 9.98. The van der Waals surface area contributed by atoms with Crippen LogP contribution in [0, 0.1) is 0 Å². The molecule has 9 rings (SSSR count). The van der Waals surface area contributed by atoms with Crippen LogP contribution in [-0.4, -0.2) is 15.0 Å². The molecule has 0 unspecified atom stereocenters. The molecule has 0 bridgehead atoms. The Labute approximate surface area is 290 Å². The van der Waals surface area contributed by atoms with Gasteiger partial charge in [0.25, 0.3) is 0 Å². The van der Waals surface area contributed by atoms with Crippen LogP contribution in [0.25, 0.3) is 44.1 Å². The van der Waals surface area contributed by atoms with Gasteiger partial charge in [-0.15, -0.1) is 0 Å². The molecule has 8 aromatic rings. The first-order valence-electron chi connectivity index (χ1n) is 16.7. The molecule has 0 amide bonds. The molecule has 0 spiro atoms. The van der Waals surface area contributed by atoms with Gasteiger partial charge in [-0.2, -0.15) is 0 Å². The third kappa shape index (κ3) is 5.09. The highest BCUT2D eigenvalue weighted by atomic mass is 15.6. The largest absolute Gasteiger partial charge is 0.265 e. The summed E-state index contributed by atoms with van der Waals surface area (Å²) < 4.78 is 0. The maximum Gasteiger partial charge on any atom is 0.0810 e. The van der Waals surface area contributed by atoms with E-state index in [1.165, 1.54) is 5.39 Å². The van der Waals surface area contributed by atoms with Crippen LogP contribution in [0.3, 0.4) is 0 Å². The van der Waals surface area contributed by atoms with E-state index in [0.717, 1.165) is 72.5 Å². The summed E-state index contributed by atoms with van der Waals surface area (Å²) in [6.45, 7) is 0. The zero-order valence-electron chi connectivity index (χ0n) is 27.1. The molecule has 0 radical (unpaired) electrons. The monoisotopic (exact) mass is 641 g/mol. The first-order chi connectivity index (χ1) is 24.8. The van der Waals surface area contributed by atoms with E-state index in [1.54, 1.807) is 0 Å². The number of hydrazine groups is 1. The third-order valence-electron chi connectivity index (χ3n) is 9.19. The standard InChI is InChI=1S/C45H31N5/c1-2-17-38(18-3-1)49-44(34-24-28-46-29-25-34)42(37-16-11-26-47-31-37)43(40-20-8-9-27-48-40)45(36-23-22-32-12-4-5-14-35(32)30-36)50(49)41-21-10-15-33-13-6-7-19-39(33)41/h1-31H. The minimum absolute atomic E-state index is 0.860. The van der Waals surface area contributed by atoms with Gasteiger partial charge in [0, 0.05) is 64.2 Å². The molecule has 0 atom stereocenters. The van der Waals surface area contributed by atoms with Gasteiger partial charge in [-0.3, -0.25) is 15.0 Å². The molecule has 0 N–H and O–H groups in total. The van der Waals surface area contributed by atoms with Crippen molar-refractivity contribution in [1.82, 2.24) is 15.0 Å². The highest BCUT2D eigenvalue weighted by molar-refractivity contribution is 6.28. The first-order valence-corrected chi connectivity index (χ1v) is 16.7. The summed E-state index contributed by atoms with van der Waals surface area (Å²) in [6, 6.07) is 55.5. The van der Waals surface area contributed by atoms with E-state index in [9.17, 15) is 0 Å². The number of para-hydroxylation sites is 1. The van der Waals surface area contributed by atoms with Crippen molar-refractivity contribution in [1.29, 1.82) is 0 Å². The van der Waals surface area contributed by atoms with Gasteiger partial charge in [0.05, 0.1) is 28.5 Å². The molecule has 236 valence electrons. The fourth-order valence-corrected chi connectivity index (χ4v) is 7.01. The van der Waals surface area contributed by atoms with Crippen LogP contribution in [0.5, 0.6) is 0 Å². The average molecular weight is 642 g/mol. The molecule has 0 fully saturated rings. The number of allylic oxidation sites excluding steroid dienone is 2. The lowest BCUT2D eigenvalue weighted by molar-refractivity contribution is 1.00. The molecule has 5 nitrogen and oxygen atoms in total. The molecule has 1 aliphatic rings. The number of nitrogens with zero attached hydrogens (tertiary/aromatic N) is 5. The van der Waals surface area contributed by atoms with E-state index >= 15 is 0 Å². The Morgan fingerprint density at radius 2 is 1.14 bits per heavy atom. The van der Waals surface area contributed by atoms with Gasteiger partial charge in [0.2, 0.25) is 0 Å². The lowest BCUT2D eigenvalue weighted by Gasteiger charge is -2.46. The Balaban J connectivity index is 1.52. The quantitative estimate of drug-likeness (QED) is 0.181. The summed E-state index contributed by atoms with van der Waals surface area (Å²) in [7, 11) is 0. The molecule has 4 heterocycles. The van der Waals surface area contributed by atoms with Gasteiger partial charge >= 0.3 is 0 Å². The van der Waals surface area contributed by atoms with Crippen LogP contribution in [0.15, 0.2) is 189 Å². The first kappa shape index (κ1) is 29.3. The van der Waals surface area contributed by atoms with Crippen molar-refractivity contribution in [2.45, 2.75) is 0 Å². The van der Waals surface area contributed by atoms with Crippen LogP contribution in [0.4, 0.5) is 11.4 Å². The molecule has 5 heteroatoms. The zero-order valence-corrected chi connectivity index (χ0v) is 27.1. The van der Waals surface area contributed by atoms with Gasteiger partial charge in [0.15, 0.2) is 0 Å². The maximum atomic E-state index is 5.06. The molecule has 0 aliphatic carbocycles. The fourth-order valence-electron chi connectivity index (χ4n) is 7.01. The Bertz CT molecular complexity index is 2520. The van der Waals surface area contributed by atoms with Crippen molar-refractivity contribution >= 4 is 55.5 Å². The molecule has 0 saturated heterocycles. The van der Waals surface area contributed by atoms with Crippen LogP contribution < -0.4 is 10.0 Å². The molecule has 50 heavy (non-hydrogen) atoms. The number of rotatable bonds is 6. The van der Waals surface area contributed by atoms with E-state index in [-0.39, 0.29) is 0 Å². The maximum absolute atomic E-state index is 5.06. The van der Waals surface area contributed by atoms with Gasteiger partial charge < -0.3 is 0 Å². The molecule has 0 saturated carbocycles. The van der Waals surface area contributed by atoms with E-state index in [4.69, 9.17) is 4.98 Å². The summed E-state index contributed by atoms with van der Waals surface area (Å²) in [5.74, 6) is 0. The summed E-state index contributed by atoms with van der Waals surface area (Å²) in [6.07, 6.45) is 9.37. The van der Waals surface area contributed by atoms with Gasteiger partial charge in [-0.25, -0.2) is 10.0 Å². The van der Waals surface area contributed by atoms with Crippen molar-refractivity contribution in [3.8, 4) is 0 Å². The number of pyridine rings is 3. The second-order valence-electron chi connectivity index (χ2n) is 12.2. The van der Waals surface area contributed by atoms with Crippen molar-refractivity contribution in [3.05, 3.63) is 211 Å². The van der Waals surface area contributed by atoms with Gasteiger partial charge in [-0.1, -0.05) is 103 Å². The third-order valence-corrected chi connectivity index (χ3v) is 9.19. The van der Waals surface area contributed by atoms with Crippen LogP contribution in [0.1, 0.15) is 22.4 Å². The predicted octanol–water partition coefficient (Wildman–Crippen LogP) is 10.6. The predicted molar refractivity (Wildman–Crippen MR) is 206 cm³/mol. The molecular formula is C45H31N5. The van der Waals surface area contributed by atoms with Crippen LogP contribution in [0.2, 0.25) is 0 Å². The molecular weight excluding hydrogens is 611 g/mol. The lowest BCUT2D eigenvalue weighted by Crippen LogP contribution is -2.44. The number of benzene rings is 5. The lowest BCUT2D eigenvalue weighted by atomic mass is 9.85. The highest BCUT2D eigenvalue weighted by Gasteiger charge is 2.38. The van der Waals surface area contributed by atoms with Gasteiger partial charge in [0.1, 0.15) is 0 Å². The molecule has 3 aromatic heterocycles. The Kier molecular flexibility index (Phi) is 7.41. The van der Waals surface area contributed by atoms with Crippen molar-refractivity contribution in [3.63, 3.8) is 0 Å². The number of hydrogen-bond donors (Lipinski definition) is 0. The second-order valence-corrected chi connectivity index (χ2v) is 12.2. The second kappa shape index (κ2) is 12.6. The minimum atomic E-state index is 0.860. The minimum Gasteiger partial charge on any atom is -0.265 e. The Morgan fingerprint density at radius 1 is 0.400 bits per heavy atom. The van der Waals surface area contributed by atoms with E-state index in [2.05, 4.69) is 166 Å². The van der Waals surface area contributed by atoms with Crippen molar-refractivity contribution < 1.29 is 0 Å². The van der Waals surface area contributed by atoms with E-state index < -0.39 is 0 Å². The van der Waals surface area contributed by atoms with Gasteiger partial charge in [-0.05, 0) is 70.8 Å². The highest BCUT2D eigenvalue weighted by Crippen LogP contribution is 2.52. The number of hydrogen-bond acceptors (Lipinski definition) is 5. The molecule has 5 aromatic carbocycles.